The average molecular weight is 420 g/mol. The summed E-state index contributed by atoms with van der Waals surface area (Å²) in [5, 5.41) is 4.84. The molecule has 0 fully saturated rings. The van der Waals surface area contributed by atoms with E-state index in [0.717, 1.165) is 6.07 Å². The smallest absolute Gasteiger partial charge is 0.422 e. The van der Waals surface area contributed by atoms with Crippen molar-refractivity contribution in [2.75, 3.05) is 19.0 Å². The molecule has 2 amide bonds. The predicted molar refractivity (Wildman–Crippen MR) is 93.5 cm³/mol. The van der Waals surface area contributed by atoms with Crippen molar-refractivity contribution in [1.29, 1.82) is 0 Å². The number of para-hydroxylation sites is 1. The molecule has 29 heavy (non-hydrogen) atoms. The van der Waals surface area contributed by atoms with Crippen LogP contribution in [0.4, 0.5) is 32.4 Å². The number of amides is 2. The van der Waals surface area contributed by atoms with Gasteiger partial charge in [0.05, 0.1) is 7.11 Å². The van der Waals surface area contributed by atoms with Crippen LogP contribution in [0.5, 0.6) is 17.2 Å². The highest BCUT2D eigenvalue weighted by molar-refractivity contribution is 5.89. The monoisotopic (exact) mass is 420 g/mol. The third kappa shape index (κ3) is 7.35. The summed E-state index contributed by atoms with van der Waals surface area (Å²) in [6, 6.07) is 9.08. The van der Waals surface area contributed by atoms with Crippen molar-refractivity contribution >= 4 is 11.7 Å². The van der Waals surface area contributed by atoms with Gasteiger partial charge in [0.15, 0.2) is 18.1 Å². The van der Waals surface area contributed by atoms with Gasteiger partial charge in [0.2, 0.25) is 0 Å². The first kappa shape index (κ1) is 22.1. The Hall–Kier alpha value is -3.24. The number of halogens is 5. The number of rotatable bonds is 8. The summed E-state index contributed by atoms with van der Waals surface area (Å²) in [5.74, 6) is -0.244. The zero-order chi connectivity index (χ0) is 21.4. The van der Waals surface area contributed by atoms with E-state index in [9.17, 15) is 26.7 Å². The van der Waals surface area contributed by atoms with Crippen LogP contribution in [-0.4, -0.2) is 32.5 Å². The Kier molecular flexibility index (Phi) is 7.46. The molecule has 0 aromatic heterocycles. The molecule has 0 heterocycles. The average Bonchev–Trinajstić information content (AvgIpc) is 2.65. The second-order valence-electron chi connectivity index (χ2n) is 5.56. The molecular weight excluding hydrogens is 403 g/mol. The van der Waals surface area contributed by atoms with Gasteiger partial charge in [-0.1, -0.05) is 18.2 Å². The summed E-state index contributed by atoms with van der Waals surface area (Å²) >= 11 is 0. The predicted octanol–water partition coefficient (Wildman–Crippen LogP) is 4.56. The van der Waals surface area contributed by atoms with Crippen molar-refractivity contribution < 1.29 is 41.0 Å². The molecule has 0 saturated carbocycles. The maximum Gasteiger partial charge on any atom is 0.422 e. The maximum absolute atomic E-state index is 12.4. The van der Waals surface area contributed by atoms with Crippen LogP contribution in [0.3, 0.4) is 0 Å². The number of ether oxygens (including phenoxy) is 3. The summed E-state index contributed by atoms with van der Waals surface area (Å²) in [4.78, 5) is 12.0. The SMILES string of the molecule is COc1ccc(NC(=O)NCc2ccccc2OC(F)F)cc1OCC(F)(F)F. The van der Waals surface area contributed by atoms with Gasteiger partial charge in [-0.15, -0.1) is 0 Å². The number of hydrogen-bond acceptors (Lipinski definition) is 4. The molecule has 0 aliphatic carbocycles. The number of carbonyl (C=O) groups is 1. The number of anilines is 1. The Balaban J connectivity index is 2.00. The minimum atomic E-state index is -4.54. The molecule has 0 saturated heterocycles. The van der Waals surface area contributed by atoms with Gasteiger partial charge in [-0.25, -0.2) is 4.79 Å². The Morgan fingerprint density at radius 1 is 1.07 bits per heavy atom. The summed E-state index contributed by atoms with van der Waals surface area (Å²) in [5.41, 5.74) is 0.449. The second kappa shape index (κ2) is 9.80. The Bertz CT molecular complexity index is 830. The molecule has 0 aliphatic rings. The Morgan fingerprint density at radius 3 is 2.45 bits per heavy atom. The number of hydrogen-bond donors (Lipinski definition) is 2. The van der Waals surface area contributed by atoms with Crippen molar-refractivity contribution in [1.82, 2.24) is 5.32 Å². The van der Waals surface area contributed by atoms with Gasteiger partial charge in [0, 0.05) is 23.9 Å². The number of urea groups is 1. The molecule has 6 nitrogen and oxygen atoms in total. The lowest BCUT2D eigenvalue weighted by atomic mass is 10.2. The third-order valence-electron chi connectivity index (χ3n) is 3.44. The highest BCUT2D eigenvalue weighted by Gasteiger charge is 2.29. The van der Waals surface area contributed by atoms with Gasteiger partial charge in [0.25, 0.3) is 0 Å². The topological polar surface area (TPSA) is 68.8 Å². The van der Waals surface area contributed by atoms with E-state index in [0.29, 0.717) is 5.56 Å². The third-order valence-corrected chi connectivity index (χ3v) is 3.44. The van der Waals surface area contributed by atoms with Crippen LogP contribution in [0.25, 0.3) is 0 Å². The molecular formula is C18H17F5N2O4. The van der Waals surface area contributed by atoms with Gasteiger partial charge in [0.1, 0.15) is 5.75 Å². The number of alkyl halides is 5. The van der Waals surface area contributed by atoms with Crippen LogP contribution < -0.4 is 24.8 Å². The van der Waals surface area contributed by atoms with Crippen LogP contribution in [0.15, 0.2) is 42.5 Å². The van der Waals surface area contributed by atoms with Crippen molar-refractivity contribution in [3.63, 3.8) is 0 Å². The van der Waals surface area contributed by atoms with E-state index in [1.165, 1.54) is 37.4 Å². The van der Waals surface area contributed by atoms with E-state index in [2.05, 4.69) is 20.1 Å². The molecule has 2 aromatic carbocycles. The standard InChI is InChI=1S/C18H17F5N2O4/c1-27-14-7-6-12(8-15(14)28-10-18(21,22)23)25-17(26)24-9-11-4-2-3-5-13(11)29-16(19)20/h2-8,16H,9-10H2,1H3,(H2,24,25,26). The molecule has 158 valence electrons. The van der Waals surface area contributed by atoms with Gasteiger partial charge in [-0.3, -0.25) is 0 Å². The van der Waals surface area contributed by atoms with Gasteiger partial charge in [-0.2, -0.15) is 22.0 Å². The number of methoxy groups -OCH3 is 1. The lowest BCUT2D eigenvalue weighted by molar-refractivity contribution is -0.153. The first-order chi connectivity index (χ1) is 13.7. The van der Waals surface area contributed by atoms with E-state index < -0.39 is 25.4 Å². The molecule has 0 bridgehead atoms. The van der Waals surface area contributed by atoms with Crippen LogP contribution >= 0.6 is 0 Å². The lowest BCUT2D eigenvalue weighted by Gasteiger charge is -2.15. The Labute approximate surface area is 162 Å². The molecule has 2 N–H and O–H groups in total. The van der Waals surface area contributed by atoms with Crippen LogP contribution in [0, 0.1) is 0 Å². The van der Waals surface area contributed by atoms with Crippen molar-refractivity contribution in [2.45, 2.75) is 19.3 Å². The normalized spacial score (nSPS) is 11.1. The summed E-state index contributed by atoms with van der Waals surface area (Å²) < 4.78 is 75.9. The number of benzene rings is 2. The van der Waals surface area contributed by atoms with E-state index in [4.69, 9.17) is 4.74 Å². The fraction of sp³-hybridized carbons (Fsp3) is 0.278. The number of nitrogens with one attached hydrogen (secondary N) is 2. The van der Waals surface area contributed by atoms with Crippen molar-refractivity contribution in [3.05, 3.63) is 48.0 Å². The van der Waals surface area contributed by atoms with Gasteiger partial charge < -0.3 is 24.8 Å². The quantitative estimate of drug-likeness (QED) is 0.615. The minimum absolute atomic E-state index is 0.0540. The molecule has 0 atom stereocenters. The van der Waals surface area contributed by atoms with Crippen LogP contribution in [0.1, 0.15) is 5.56 Å². The summed E-state index contributed by atoms with van der Waals surface area (Å²) in [6.07, 6.45) is -4.54. The molecule has 0 spiro atoms. The van der Waals surface area contributed by atoms with Gasteiger partial charge >= 0.3 is 18.8 Å². The van der Waals surface area contributed by atoms with E-state index in [1.54, 1.807) is 6.07 Å². The zero-order valence-corrected chi connectivity index (χ0v) is 15.1. The first-order valence-electron chi connectivity index (χ1n) is 8.13. The molecule has 2 rings (SSSR count). The molecule has 0 unspecified atom stereocenters. The Morgan fingerprint density at radius 2 is 1.79 bits per heavy atom. The van der Waals surface area contributed by atoms with Crippen LogP contribution in [0.2, 0.25) is 0 Å². The molecule has 2 aromatic rings. The fourth-order valence-corrected chi connectivity index (χ4v) is 2.24. The molecule has 11 heteroatoms. The van der Waals surface area contributed by atoms with E-state index >= 15 is 0 Å². The molecule has 0 aliphatic heterocycles. The minimum Gasteiger partial charge on any atom is -0.493 e. The summed E-state index contributed by atoms with van der Waals surface area (Å²) in [6.45, 7) is -4.67. The van der Waals surface area contributed by atoms with Crippen molar-refractivity contribution in [3.8, 4) is 17.2 Å². The lowest BCUT2D eigenvalue weighted by Crippen LogP contribution is -2.28. The fourth-order valence-electron chi connectivity index (χ4n) is 2.24. The van der Waals surface area contributed by atoms with Crippen molar-refractivity contribution in [2.24, 2.45) is 0 Å². The highest BCUT2D eigenvalue weighted by atomic mass is 19.4. The maximum atomic E-state index is 12.4. The van der Waals surface area contributed by atoms with E-state index in [-0.39, 0.29) is 29.5 Å². The highest BCUT2D eigenvalue weighted by Crippen LogP contribution is 2.31. The summed E-state index contributed by atoms with van der Waals surface area (Å²) in [7, 11) is 1.26. The molecule has 0 radical (unpaired) electrons. The van der Waals surface area contributed by atoms with Crippen LogP contribution in [-0.2, 0) is 6.54 Å². The second-order valence-corrected chi connectivity index (χ2v) is 5.56. The largest absolute Gasteiger partial charge is 0.493 e. The first-order valence-corrected chi connectivity index (χ1v) is 8.13. The number of carbonyl (C=O) groups excluding carboxylic acids is 1. The zero-order valence-electron chi connectivity index (χ0n) is 15.1. The van der Waals surface area contributed by atoms with E-state index in [1.807, 2.05) is 0 Å². The van der Waals surface area contributed by atoms with Gasteiger partial charge in [-0.05, 0) is 18.2 Å².